The molecule has 1 aromatic rings. The van der Waals surface area contributed by atoms with E-state index < -0.39 is 0 Å². The first kappa shape index (κ1) is 9.59. The van der Waals surface area contributed by atoms with Gasteiger partial charge in [-0.25, -0.2) is 0 Å². The molecular formula is C10H14BrN. The van der Waals surface area contributed by atoms with Crippen LogP contribution >= 0.6 is 16.1 Å². The molecule has 0 amide bonds. The van der Waals surface area contributed by atoms with Crippen LogP contribution in [0.5, 0.6) is 0 Å². The monoisotopic (exact) mass is 227 g/mol. The van der Waals surface area contributed by atoms with Crippen molar-refractivity contribution in [2.45, 2.75) is 26.7 Å². The van der Waals surface area contributed by atoms with Gasteiger partial charge < -0.3 is 4.34 Å². The Labute approximate surface area is 82.5 Å². The van der Waals surface area contributed by atoms with Gasteiger partial charge in [-0.1, -0.05) is 26.0 Å². The maximum Gasteiger partial charge on any atom is 0.0475 e. The third-order valence-electron chi connectivity index (χ3n) is 2.11. The molecule has 0 saturated carbocycles. The molecule has 0 spiro atoms. The first-order valence-corrected chi connectivity index (χ1v) is 5.10. The Kier molecular flexibility index (Phi) is 3.60. The first-order chi connectivity index (χ1) is 5.83. The third kappa shape index (κ3) is 1.81. The van der Waals surface area contributed by atoms with Gasteiger partial charge in [-0.05, 0) is 30.0 Å². The summed E-state index contributed by atoms with van der Waals surface area (Å²) in [6.07, 6.45) is 2.18. The van der Waals surface area contributed by atoms with Crippen molar-refractivity contribution in [3.8, 4) is 0 Å². The lowest BCUT2D eigenvalue weighted by atomic mass is 10.0. The second kappa shape index (κ2) is 4.51. The van der Waals surface area contributed by atoms with E-state index in [0.717, 1.165) is 12.8 Å². The van der Waals surface area contributed by atoms with Crippen LogP contribution in [-0.4, -0.2) is 0 Å². The fourth-order valence-corrected chi connectivity index (χ4v) is 1.84. The van der Waals surface area contributed by atoms with Gasteiger partial charge in [0, 0.05) is 21.8 Å². The molecule has 1 nitrogen and oxygen atoms in total. The Morgan fingerprint density at radius 2 is 2.00 bits per heavy atom. The molecule has 66 valence electrons. The van der Waals surface area contributed by atoms with Crippen LogP contribution < -0.4 is 4.34 Å². The van der Waals surface area contributed by atoms with Gasteiger partial charge in [0.25, 0.3) is 0 Å². The molecule has 1 N–H and O–H groups in total. The highest BCUT2D eigenvalue weighted by Crippen LogP contribution is 2.21. The van der Waals surface area contributed by atoms with Crippen molar-refractivity contribution >= 4 is 21.8 Å². The lowest BCUT2D eigenvalue weighted by Crippen LogP contribution is -1.94. The van der Waals surface area contributed by atoms with Gasteiger partial charge in [0.1, 0.15) is 0 Å². The van der Waals surface area contributed by atoms with Gasteiger partial charge in [-0.15, -0.1) is 0 Å². The molecule has 0 aromatic heterocycles. The van der Waals surface area contributed by atoms with E-state index in [-0.39, 0.29) is 0 Å². The smallest absolute Gasteiger partial charge is 0.0475 e. The Morgan fingerprint density at radius 3 is 2.50 bits per heavy atom. The molecule has 0 atom stereocenters. The molecule has 0 heterocycles. The predicted octanol–water partition coefficient (Wildman–Crippen LogP) is 3.53. The standard InChI is InChI=1S/C10H14BrN/c1-3-8-6-5-7-10(12-11)9(8)4-2/h5-7,12H,3-4H2,1-2H3. The minimum Gasteiger partial charge on any atom is -0.322 e. The molecule has 0 aliphatic rings. The SMILES string of the molecule is CCc1cccc(NBr)c1CC. The van der Waals surface area contributed by atoms with E-state index >= 15 is 0 Å². The van der Waals surface area contributed by atoms with Crippen molar-refractivity contribution < 1.29 is 0 Å². The lowest BCUT2D eigenvalue weighted by molar-refractivity contribution is 1.04. The molecule has 12 heavy (non-hydrogen) atoms. The van der Waals surface area contributed by atoms with Gasteiger partial charge >= 0.3 is 0 Å². The van der Waals surface area contributed by atoms with E-state index in [9.17, 15) is 0 Å². The average Bonchev–Trinajstić information content (AvgIpc) is 2.16. The molecule has 0 fully saturated rings. The van der Waals surface area contributed by atoms with Crippen LogP contribution in [0.1, 0.15) is 25.0 Å². The lowest BCUT2D eigenvalue weighted by Gasteiger charge is -2.10. The molecule has 0 saturated heterocycles. The van der Waals surface area contributed by atoms with Crippen LogP contribution in [0.15, 0.2) is 18.2 Å². The number of hydrogen-bond donors (Lipinski definition) is 1. The summed E-state index contributed by atoms with van der Waals surface area (Å²) in [6.45, 7) is 4.37. The van der Waals surface area contributed by atoms with Crippen molar-refractivity contribution in [1.82, 2.24) is 0 Å². The van der Waals surface area contributed by atoms with Crippen LogP contribution in [0.25, 0.3) is 0 Å². The summed E-state index contributed by atoms with van der Waals surface area (Å²) in [7, 11) is 0. The Balaban J connectivity index is 3.13. The van der Waals surface area contributed by atoms with Crippen LogP contribution in [0.4, 0.5) is 5.69 Å². The zero-order valence-electron chi connectivity index (χ0n) is 7.52. The van der Waals surface area contributed by atoms with E-state index in [2.05, 4.69) is 52.5 Å². The summed E-state index contributed by atoms with van der Waals surface area (Å²) < 4.78 is 3.03. The number of halogens is 1. The Hall–Kier alpha value is -0.500. The van der Waals surface area contributed by atoms with Gasteiger partial charge in [0.05, 0.1) is 0 Å². The number of anilines is 1. The largest absolute Gasteiger partial charge is 0.322 e. The maximum atomic E-state index is 3.26. The normalized spacial score (nSPS) is 9.92. The molecule has 0 unspecified atom stereocenters. The maximum absolute atomic E-state index is 3.26. The van der Waals surface area contributed by atoms with E-state index in [0.29, 0.717) is 0 Å². The average molecular weight is 228 g/mol. The van der Waals surface area contributed by atoms with Crippen LogP contribution in [-0.2, 0) is 12.8 Å². The van der Waals surface area contributed by atoms with E-state index in [1.807, 2.05) is 0 Å². The molecule has 0 bridgehead atoms. The number of benzene rings is 1. The molecule has 1 aromatic carbocycles. The zero-order valence-corrected chi connectivity index (χ0v) is 9.11. The Morgan fingerprint density at radius 1 is 1.25 bits per heavy atom. The van der Waals surface area contributed by atoms with Crippen LogP contribution in [0.2, 0.25) is 0 Å². The van der Waals surface area contributed by atoms with Crippen molar-refractivity contribution in [3.05, 3.63) is 29.3 Å². The van der Waals surface area contributed by atoms with E-state index in [1.54, 1.807) is 0 Å². The highest BCUT2D eigenvalue weighted by atomic mass is 79.9. The fourth-order valence-electron chi connectivity index (χ4n) is 1.47. The minimum atomic E-state index is 1.08. The van der Waals surface area contributed by atoms with Crippen molar-refractivity contribution in [2.75, 3.05) is 4.34 Å². The van der Waals surface area contributed by atoms with Crippen molar-refractivity contribution in [2.24, 2.45) is 0 Å². The molecule has 0 aliphatic carbocycles. The van der Waals surface area contributed by atoms with E-state index in [1.165, 1.54) is 16.8 Å². The summed E-state index contributed by atoms with van der Waals surface area (Å²) in [5.74, 6) is 0. The summed E-state index contributed by atoms with van der Waals surface area (Å²) in [5, 5.41) is 0. The first-order valence-electron chi connectivity index (χ1n) is 4.30. The highest BCUT2D eigenvalue weighted by Gasteiger charge is 2.02. The number of nitrogens with one attached hydrogen (secondary N) is 1. The van der Waals surface area contributed by atoms with Gasteiger partial charge in [-0.3, -0.25) is 0 Å². The predicted molar refractivity (Wildman–Crippen MR) is 57.7 cm³/mol. The third-order valence-corrected chi connectivity index (χ3v) is 2.54. The molecule has 0 aliphatic heterocycles. The van der Waals surface area contributed by atoms with Gasteiger partial charge in [0.2, 0.25) is 0 Å². The van der Waals surface area contributed by atoms with Crippen molar-refractivity contribution in [1.29, 1.82) is 0 Å². The summed E-state index contributed by atoms with van der Waals surface area (Å²) in [4.78, 5) is 0. The number of rotatable bonds is 3. The number of hydrogen-bond acceptors (Lipinski definition) is 1. The molecular weight excluding hydrogens is 214 g/mol. The highest BCUT2D eigenvalue weighted by molar-refractivity contribution is 9.10. The molecule has 2 heteroatoms. The topological polar surface area (TPSA) is 12.0 Å². The summed E-state index contributed by atoms with van der Waals surface area (Å²) >= 11 is 3.26. The summed E-state index contributed by atoms with van der Waals surface area (Å²) in [6, 6.07) is 6.36. The quantitative estimate of drug-likeness (QED) is 0.780. The zero-order chi connectivity index (χ0) is 8.97. The second-order valence-corrected chi connectivity index (χ2v) is 3.14. The Bertz CT molecular complexity index is 236. The number of aryl methyl sites for hydroxylation is 1. The second-order valence-electron chi connectivity index (χ2n) is 2.74. The van der Waals surface area contributed by atoms with E-state index in [4.69, 9.17) is 0 Å². The van der Waals surface area contributed by atoms with Crippen molar-refractivity contribution in [3.63, 3.8) is 0 Å². The molecule has 0 radical (unpaired) electrons. The van der Waals surface area contributed by atoms with Gasteiger partial charge in [-0.2, -0.15) is 0 Å². The van der Waals surface area contributed by atoms with Crippen LogP contribution in [0.3, 0.4) is 0 Å². The molecule has 1 rings (SSSR count). The fraction of sp³-hybridized carbons (Fsp3) is 0.400. The van der Waals surface area contributed by atoms with Crippen LogP contribution in [0, 0.1) is 0 Å². The summed E-state index contributed by atoms with van der Waals surface area (Å²) in [5.41, 5.74) is 4.04. The minimum absolute atomic E-state index is 1.08. The van der Waals surface area contributed by atoms with Gasteiger partial charge in [0.15, 0.2) is 0 Å².